The summed E-state index contributed by atoms with van der Waals surface area (Å²) in [5.74, 6) is 3.95. The van der Waals surface area contributed by atoms with Gasteiger partial charge in [-0.1, -0.05) is 126 Å². The Morgan fingerprint density at radius 3 is 1.38 bits per heavy atom. The van der Waals surface area contributed by atoms with Crippen molar-refractivity contribution in [3.05, 3.63) is 162 Å². The van der Waals surface area contributed by atoms with Gasteiger partial charge in [-0.05, 0) is 94.1 Å². The molecule has 2 aromatic heterocycles. The predicted octanol–water partition coefficient (Wildman–Crippen LogP) is 9.42. The van der Waals surface area contributed by atoms with Crippen molar-refractivity contribution in [1.82, 2.24) is 19.9 Å². The van der Waals surface area contributed by atoms with Crippen LogP contribution in [0.25, 0.3) is 44.8 Å². The molecule has 6 nitrogen and oxygen atoms in total. The zero-order valence-electron chi connectivity index (χ0n) is 26.7. The molecule has 0 aliphatic heterocycles. The second-order valence-electron chi connectivity index (χ2n) is 11.2. The number of ether oxygens (including phenoxy) is 2. The Bertz CT molecular complexity index is 2160. The van der Waals surface area contributed by atoms with E-state index in [2.05, 4.69) is 63.3 Å². The van der Waals surface area contributed by atoms with Crippen LogP contribution in [-0.4, -0.2) is 17.1 Å². The van der Waals surface area contributed by atoms with Crippen molar-refractivity contribution >= 4 is 22.1 Å². The Balaban J connectivity index is 0.000000189. The van der Waals surface area contributed by atoms with Crippen molar-refractivity contribution in [3.63, 3.8) is 0 Å². The fourth-order valence-electron chi connectivity index (χ4n) is 5.24. The van der Waals surface area contributed by atoms with Crippen LogP contribution in [0.3, 0.4) is 0 Å². The van der Waals surface area contributed by atoms with Crippen molar-refractivity contribution in [1.29, 1.82) is 0 Å². The van der Waals surface area contributed by atoms with Gasteiger partial charge < -0.3 is 29.4 Å². The van der Waals surface area contributed by atoms with Gasteiger partial charge in [0.1, 0.15) is 17.2 Å². The Morgan fingerprint density at radius 1 is 0.500 bits per heavy atom. The molecule has 0 amide bonds. The van der Waals surface area contributed by atoms with Crippen molar-refractivity contribution < 1.29 is 42.2 Å². The summed E-state index contributed by atoms with van der Waals surface area (Å²) in [5.41, 5.74) is 9.53. The number of fused-ring (bicyclic) bond motifs is 2. The quantitative estimate of drug-likeness (QED) is 0.165. The Morgan fingerprint density at radius 2 is 0.917 bits per heavy atom. The van der Waals surface area contributed by atoms with Crippen LogP contribution in [0.1, 0.15) is 16.7 Å². The van der Waals surface area contributed by atoms with Gasteiger partial charge in [0.2, 0.25) is 0 Å². The van der Waals surface area contributed by atoms with Crippen LogP contribution in [0.2, 0.25) is 0 Å². The van der Waals surface area contributed by atoms with Crippen LogP contribution >= 0.6 is 0 Å². The molecule has 0 aliphatic carbocycles. The second-order valence-corrected chi connectivity index (χ2v) is 11.2. The Kier molecular flexibility index (Phi) is 10.4. The van der Waals surface area contributed by atoms with E-state index >= 15 is 0 Å². The summed E-state index contributed by atoms with van der Waals surface area (Å²) >= 11 is 0. The van der Waals surface area contributed by atoms with E-state index in [4.69, 9.17) is 9.47 Å². The summed E-state index contributed by atoms with van der Waals surface area (Å²) in [5, 5.41) is 0. The second kappa shape index (κ2) is 15.2. The van der Waals surface area contributed by atoms with Crippen LogP contribution in [0.5, 0.6) is 17.2 Å². The number of imidazole rings is 2. The molecule has 7 heteroatoms. The molecule has 0 bridgehead atoms. The third kappa shape index (κ3) is 7.91. The van der Waals surface area contributed by atoms with E-state index in [0.29, 0.717) is 0 Å². The number of aryl methyl sites for hydroxylation is 1. The topological polar surface area (TPSA) is 72.4 Å². The van der Waals surface area contributed by atoms with Gasteiger partial charge in [-0.3, -0.25) is 0 Å². The first-order valence-electron chi connectivity index (χ1n) is 15.5. The summed E-state index contributed by atoms with van der Waals surface area (Å²) in [6.45, 7) is 2.11. The van der Waals surface area contributed by atoms with Gasteiger partial charge in [0, 0.05) is 32.7 Å². The van der Waals surface area contributed by atoms with E-state index in [1.165, 1.54) is 16.7 Å². The fourth-order valence-corrected chi connectivity index (χ4v) is 5.24. The molecular formula is C41H32N4O2Y-2. The van der Waals surface area contributed by atoms with Crippen molar-refractivity contribution in [3.8, 4) is 40.0 Å². The Labute approximate surface area is 305 Å². The normalized spacial score (nSPS) is 10.6. The van der Waals surface area contributed by atoms with Crippen molar-refractivity contribution in [2.75, 3.05) is 7.11 Å². The number of hydrogen-bond donors (Lipinski definition) is 0. The molecule has 0 saturated heterocycles. The van der Waals surface area contributed by atoms with Crippen LogP contribution in [0, 0.1) is 6.92 Å². The fraction of sp³-hybridized carbons (Fsp3) is 0.0732. The van der Waals surface area contributed by atoms with Gasteiger partial charge in [-0.15, -0.1) is 0 Å². The summed E-state index contributed by atoms with van der Waals surface area (Å²) in [4.78, 5) is 18.2. The van der Waals surface area contributed by atoms with Gasteiger partial charge in [0.05, 0.1) is 7.11 Å². The van der Waals surface area contributed by atoms with Gasteiger partial charge in [-0.2, -0.15) is 0 Å². The zero-order chi connectivity index (χ0) is 32.0. The molecule has 0 spiro atoms. The smallest absolute Gasteiger partial charge is 0.127 e. The van der Waals surface area contributed by atoms with E-state index in [0.717, 1.165) is 68.5 Å². The predicted molar refractivity (Wildman–Crippen MR) is 188 cm³/mol. The molecule has 8 aromatic rings. The van der Waals surface area contributed by atoms with Crippen LogP contribution in [0.4, 0.5) is 0 Å². The first kappa shape index (κ1) is 32.9. The molecule has 48 heavy (non-hydrogen) atoms. The molecule has 0 unspecified atom stereocenters. The molecule has 8 rings (SSSR count). The average Bonchev–Trinajstić information content (AvgIpc) is 3.76. The largest absolute Gasteiger partial charge is 0.497 e. The third-order valence-corrected chi connectivity index (χ3v) is 7.82. The molecule has 0 fully saturated rings. The first-order chi connectivity index (χ1) is 23.1. The molecule has 0 aliphatic rings. The maximum atomic E-state index is 6.01. The SMILES string of the molecule is COc1ccc(-c2nc3ccccc3[n-]2)cc1.Cc1ccc(Cc2ccc(Oc3ccc(-c4nc5ccccc5[n-]4)cc3)cc2)cc1.[Y]. The maximum absolute atomic E-state index is 6.01. The van der Waals surface area contributed by atoms with Crippen LogP contribution < -0.4 is 19.4 Å². The first-order valence-corrected chi connectivity index (χ1v) is 15.5. The molecule has 0 N–H and O–H groups in total. The van der Waals surface area contributed by atoms with E-state index in [1.54, 1.807) is 7.11 Å². The number of hydrogen-bond acceptors (Lipinski definition) is 4. The summed E-state index contributed by atoms with van der Waals surface area (Å²) in [6.07, 6.45) is 0.920. The minimum atomic E-state index is 0. The van der Waals surface area contributed by atoms with Crippen molar-refractivity contribution in [2.45, 2.75) is 13.3 Å². The minimum absolute atomic E-state index is 0. The van der Waals surface area contributed by atoms with Crippen LogP contribution in [-0.2, 0) is 39.1 Å². The monoisotopic (exact) mass is 701 g/mol. The molecule has 0 saturated carbocycles. The Hall–Kier alpha value is -5.04. The summed E-state index contributed by atoms with van der Waals surface area (Å²) in [7, 11) is 1.66. The van der Waals surface area contributed by atoms with Gasteiger partial charge in [0.25, 0.3) is 0 Å². The number of aromatic nitrogens is 4. The number of methoxy groups -OCH3 is 1. The van der Waals surface area contributed by atoms with E-state index in [-0.39, 0.29) is 32.7 Å². The van der Waals surface area contributed by atoms with Gasteiger partial charge >= 0.3 is 0 Å². The summed E-state index contributed by atoms with van der Waals surface area (Å²) < 4.78 is 11.1. The summed E-state index contributed by atoms with van der Waals surface area (Å²) in [6, 6.07) is 48.4. The number of para-hydroxylation sites is 4. The third-order valence-electron chi connectivity index (χ3n) is 7.82. The number of benzene rings is 6. The van der Waals surface area contributed by atoms with E-state index in [1.807, 2.05) is 109 Å². The van der Waals surface area contributed by atoms with Gasteiger partial charge in [0.15, 0.2) is 0 Å². The molecule has 233 valence electrons. The maximum Gasteiger partial charge on any atom is 0.127 e. The number of nitrogens with zero attached hydrogens (tertiary/aromatic N) is 4. The molecule has 2 heterocycles. The standard InChI is InChI=1S/C27H21N2O.C14H11N2O.Y/c1-19-6-8-20(9-7-19)18-21-10-14-23(15-11-21)30-24-16-12-22(13-17-24)27-28-25-4-2-3-5-26(25)29-27;1-17-11-8-6-10(7-9-11)14-15-12-4-2-3-5-13(12)16-14;/h2-17H,18H2,1H3;2-9H,1H3;/q2*-1;. The molecule has 0 atom stereocenters. The molecular weight excluding hydrogens is 669 g/mol. The zero-order valence-corrected chi connectivity index (χ0v) is 29.6. The van der Waals surface area contributed by atoms with E-state index in [9.17, 15) is 0 Å². The van der Waals surface area contributed by atoms with Gasteiger partial charge in [-0.25, -0.2) is 0 Å². The van der Waals surface area contributed by atoms with E-state index < -0.39 is 0 Å². The average molecular weight is 702 g/mol. The van der Waals surface area contributed by atoms with Crippen molar-refractivity contribution in [2.24, 2.45) is 0 Å². The number of rotatable bonds is 7. The van der Waals surface area contributed by atoms with Crippen LogP contribution in [0.15, 0.2) is 146 Å². The molecule has 1 radical (unpaired) electrons. The minimum Gasteiger partial charge on any atom is -0.497 e. The molecule has 6 aromatic carbocycles.